The second-order valence-corrected chi connectivity index (χ2v) is 6.23. The van der Waals surface area contributed by atoms with Crippen LogP contribution in [-0.2, 0) is 6.18 Å². The van der Waals surface area contributed by atoms with Crippen LogP contribution in [0.3, 0.4) is 0 Å². The summed E-state index contributed by atoms with van der Waals surface area (Å²) in [4.78, 5) is 2.23. The standard InChI is InChI=1S/C16H25F3N2/c1-5-21(11-15(3,4)10-20)12(2)13-6-8-14(9-7-13)16(17,18)19/h6-9,12H,5,10-11,20H2,1-4H3. The van der Waals surface area contributed by atoms with Gasteiger partial charge < -0.3 is 5.73 Å². The molecule has 0 aliphatic rings. The molecule has 1 aromatic rings. The molecule has 0 aliphatic heterocycles. The summed E-state index contributed by atoms with van der Waals surface area (Å²) in [6, 6.07) is 5.47. The number of benzene rings is 1. The van der Waals surface area contributed by atoms with Gasteiger partial charge in [0.15, 0.2) is 0 Å². The maximum Gasteiger partial charge on any atom is 0.416 e. The summed E-state index contributed by atoms with van der Waals surface area (Å²) in [6.07, 6.45) is -4.28. The van der Waals surface area contributed by atoms with Crippen LogP contribution >= 0.6 is 0 Å². The zero-order valence-corrected chi connectivity index (χ0v) is 13.2. The summed E-state index contributed by atoms with van der Waals surface area (Å²) in [6.45, 7) is 10.5. The first kappa shape index (κ1) is 18.0. The average molecular weight is 302 g/mol. The van der Waals surface area contributed by atoms with E-state index in [-0.39, 0.29) is 11.5 Å². The van der Waals surface area contributed by atoms with Crippen LogP contribution in [0.15, 0.2) is 24.3 Å². The van der Waals surface area contributed by atoms with E-state index in [0.717, 1.165) is 30.8 Å². The molecule has 2 N–H and O–H groups in total. The van der Waals surface area contributed by atoms with Crippen molar-refractivity contribution in [2.45, 2.75) is 39.9 Å². The minimum absolute atomic E-state index is 0.0177. The summed E-state index contributed by atoms with van der Waals surface area (Å²) in [5, 5.41) is 0. The molecule has 0 aromatic heterocycles. The molecule has 0 heterocycles. The minimum atomic E-state index is -4.28. The molecule has 0 saturated carbocycles. The molecule has 0 radical (unpaired) electrons. The second kappa shape index (κ2) is 6.79. The van der Waals surface area contributed by atoms with E-state index in [9.17, 15) is 13.2 Å². The van der Waals surface area contributed by atoms with Gasteiger partial charge in [-0.05, 0) is 43.1 Å². The number of alkyl halides is 3. The van der Waals surface area contributed by atoms with E-state index >= 15 is 0 Å². The number of nitrogens with two attached hydrogens (primary N) is 1. The Balaban J connectivity index is 2.88. The van der Waals surface area contributed by atoms with Crippen molar-refractivity contribution in [1.82, 2.24) is 4.90 Å². The highest BCUT2D eigenvalue weighted by atomic mass is 19.4. The van der Waals surface area contributed by atoms with Gasteiger partial charge in [-0.1, -0.05) is 32.9 Å². The van der Waals surface area contributed by atoms with Crippen molar-refractivity contribution in [2.75, 3.05) is 19.6 Å². The molecule has 1 unspecified atom stereocenters. The van der Waals surface area contributed by atoms with Gasteiger partial charge in [0.1, 0.15) is 0 Å². The summed E-state index contributed by atoms with van der Waals surface area (Å²) in [5.74, 6) is 0. The van der Waals surface area contributed by atoms with Crippen LogP contribution in [0, 0.1) is 5.41 Å². The Labute approximate surface area is 125 Å². The third kappa shape index (κ3) is 5.00. The van der Waals surface area contributed by atoms with Crippen molar-refractivity contribution in [3.05, 3.63) is 35.4 Å². The van der Waals surface area contributed by atoms with E-state index in [4.69, 9.17) is 5.73 Å². The lowest BCUT2D eigenvalue weighted by Crippen LogP contribution is -2.40. The molecule has 5 heteroatoms. The van der Waals surface area contributed by atoms with Gasteiger partial charge in [0.2, 0.25) is 0 Å². The first-order chi connectivity index (χ1) is 9.60. The van der Waals surface area contributed by atoms with Crippen LogP contribution in [0.1, 0.15) is 44.9 Å². The first-order valence-corrected chi connectivity index (χ1v) is 7.22. The van der Waals surface area contributed by atoms with E-state index in [1.54, 1.807) is 12.1 Å². The molecule has 2 nitrogen and oxygen atoms in total. The van der Waals surface area contributed by atoms with Gasteiger partial charge in [-0.15, -0.1) is 0 Å². The Morgan fingerprint density at radius 2 is 1.67 bits per heavy atom. The van der Waals surface area contributed by atoms with Crippen molar-refractivity contribution in [3.8, 4) is 0 Å². The van der Waals surface area contributed by atoms with Crippen LogP contribution in [0.5, 0.6) is 0 Å². The van der Waals surface area contributed by atoms with Gasteiger partial charge in [-0.3, -0.25) is 4.90 Å². The monoisotopic (exact) mass is 302 g/mol. The van der Waals surface area contributed by atoms with Gasteiger partial charge in [-0.2, -0.15) is 13.2 Å². The normalized spacial score (nSPS) is 14.5. The Morgan fingerprint density at radius 1 is 1.14 bits per heavy atom. The number of rotatable bonds is 6. The van der Waals surface area contributed by atoms with Gasteiger partial charge in [0.05, 0.1) is 5.56 Å². The maximum atomic E-state index is 12.6. The van der Waals surface area contributed by atoms with Gasteiger partial charge in [-0.25, -0.2) is 0 Å². The third-order valence-corrected chi connectivity index (χ3v) is 3.86. The van der Waals surface area contributed by atoms with Gasteiger partial charge in [0.25, 0.3) is 0 Å². The summed E-state index contributed by atoms with van der Waals surface area (Å²) < 4.78 is 37.8. The molecular weight excluding hydrogens is 277 g/mol. The van der Waals surface area contributed by atoms with Crippen LogP contribution < -0.4 is 5.73 Å². The molecule has 120 valence electrons. The van der Waals surface area contributed by atoms with Crippen molar-refractivity contribution < 1.29 is 13.2 Å². The highest BCUT2D eigenvalue weighted by Crippen LogP contribution is 2.31. The van der Waals surface area contributed by atoms with Crippen LogP contribution in [0.25, 0.3) is 0 Å². The van der Waals surface area contributed by atoms with Crippen molar-refractivity contribution in [2.24, 2.45) is 11.1 Å². The molecule has 1 rings (SSSR count). The second-order valence-electron chi connectivity index (χ2n) is 6.23. The Kier molecular flexibility index (Phi) is 5.82. The molecular formula is C16H25F3N2. The SMILES string of the molecule is CCN(CC(C)(C)CN)C(C)c1ccc(C(F)(F)F)cc1. The van der Waals surface area contributed by atoms with E-state index < -0.39 is 11.7 Å². The molecule has 0 bridgehead atoms. The van der Waals surface area contributed by atoms with Crippen molar-refractivity contribution in [1.29, 1.82) is 0 Å². The topological polar surface area (TPSA) is 29.3 Å². The number of hydrogen-bond acceptors (Lipinski definition) is 2. The summed E-state index contributed by atoms with van der Waals surface area (Å²) in [5.41, 5.74) is 6.03. The molecule has 0 aliphatic carbocycles. The van der Waals surface area contributed by atoms with E-state index in [2.05, 4.69) is 18.7 Å². The highest BCUT2D eigenvalue weighted by molar-refractivity contribution is 5.26. The predicted octanol–water partition coefficient (Wildman–Crippen LogP) is 4.07. The van der Waals surface area contributed by atoms with Crippen LogP contribution in [0.2, 0.25) is 0 Å². The van der Waals surface area contributed by atoms with E-state index in [1.165, 1.54) is 0 Å². The van der Waals surface area contributed by atoms with Gasteiger partial charge >= 0.3 is 6.18 Å². The third-order valence-electron chi connectivity index (χ3n) is 3.86. The molecule has 0 amide bonds. The predicted molar refractivity (Wildman–Crippen MR) is 79.9 cm³/mol. The number of hydrogen-bond donors (Lipinski definition) is 1. The fourth-order valence-electron chi connectivity index (χ4n) is 2.30. The number of halogens is 3. The average Bonchev–Trinajstić information content (AvgIpc) is 2.43. The molecule has 0 spiro atoms. The van der Waals surface area contributed by atoms with E-state index in [1.807, 2.05) is 13.8 Å². The zero-order valence-electron chi connectivity index (χ0n) is 13.2. The highest BCUT2D eigenvalue weighted by Gasteiger charge is 2.30. The fourth-order valence-corrected chi connectivity index (χ4v) is 2.30. The Morgan fingerprint density at radius 3 is 2.05 bits per heavy atom. The Bertz CT molecular complexity index is 438. The quantitative estimate of drug-likeness (QED) is 0.858. The maximum absolute atomic E-state index is 12.6. The van der Waals surface area contributed by atoms with Gasteiger partial charge in [0, 0.05) is 12.6 Å². The molecule has 0 saturated heterocycles. The van der Waals surface area contributed by atoms with Crippen molar-refractivity contribution >= 4 is 0 Å². The largest absolute Gasteiger partial charge is 0.416 e. The van der Waals surface area contributed by atoms with Crippen LogP contribution in [0.4, 0.5) is 13.2 Å². The smallest absolute Gasteiger partial charge is 0.330 e. The first-order valence-electron chi connectivity index (χ1n) is 7.22. The minimum Gasteiger partial charge on any atom is -0.330 e. The molecule has 0 fully saturated rings. The summed E-state index contributed by atoms with van der Waals surface area (Å²) in [7, 11) is 0. The summed E-state index contributed by atoms with van der Waals surface area (Å²) >= 11 is 0. The fraction of sp³-hybridized carbons (Fsp3) is 0.625. The van der Waals surface area contributed by atoms with E-state index in [0.29, 0.717) is 6.54 Å². The molecule has 21 heavy (non-hydrogen) atoms. The van der Waals surface area contributed by atoms with Crippen molar-refractivity contribution in [3.63, 3.8) is 0 Å². The number of nitrogens with zero attached hydrogens (tertiary/aromatic N) is 1. The van der Waals surface area contributed by atoms with Crippen LogP contribution in [-0.4, -0.2) is 24.5 Å². The molecule has 1 aromatic carbocycles. The zero-order chi connectivity index (χ0) is 16.3. The molecule has 1 atom stereocenters. The lowest BCUT2D eigenvalue weighted by atomic mass is 9.91. The lowest BCUT2D eigenvalue weighted by molar-refractivity contribution is -0.137. The Hall–Kier alpha value is -1.07. The lowest BCUT2D eigenvalue weighted by Gasteiger charge is -2.35.